The van der Waals surface area contributed by atoms with Gasteiger partial charge in [0.2, 0.25) is 0 Å². The number of likely N-dealkylation sites (tertiary alicyclic amines) is 1. The van der Waals surface area contributed by atoms with E-state index in [9.17, 15) is 14.3 Å². The Balaban J connectivity index is 2.10. The molecule has 6 heteroatoms. The molecule has 0 radical (unpaired) electrons. The molecule has 1 heterocycles. The Morgan fingerprint density at radius 2 is 2.04 bits per heavy atom. The van der Waals surface area contributed by atoms with E-state index in [2.05, 4.69) is 0 Å². The Kier molecular flexibility index (Phi) is 5.79. The second-order valence-electron chi connectivity index (χ2n) is 6.44. The highest BCUT2D eigenvalue weighted by atomic mass is 35.5. The van der Waals surface area contributed by atoms with Crippen molar-refractivity contribution in [3.63, 3.8) is 0 Å². The Bertz CT molecular complexity index is 798. The van der Waals surface area contributed by atoms with Gasteiger partial charge in [-0.1, -0.05) is 36.2 Å². The van der Waals surface area contributed by atoms with E-state index in [-0.39, 0.29) is 5.75 Å². The molecule has 2 unspecified atom stereocenters. The second-order valence-corrected chi connectivity index (χ2v) is 6.88. The van der Waals surface area contributed by atoms with Crippen LogP contribution in [0.3, 0.4) is 0 Å². The summed E-state index contributed by atoms with van der Waals surface area (Å²) in [5, 5.41) is 10.2. The van der Waals surface area contributed by atoms with Crippen LogP contribution in [0.5, 0.6) is 5.75 Å². The minimum atomic E-state index is -0.856. The monoisotopic (exact) mass is 377 g/mol. The number of benzene rings is 2. The van der Waals surface area contributed by atoms with Gasteiger partial charge in [0.1, 0.15) is 6.04 Å². The Hall–Kier alpha value is -2.11. The molecule has 1 N–H and O–H groups in total. The number of piperidine rings is 1. The van der Waals surface area contributed by atoms with Gasteiger partial charge in [-0.15, -0.1) is 0 Å². The van der Waals surface area contributed by atoms with Crippen LogP contribution in [0.1, 0.15) is 36.4 Å². The number of aliphatic carboxylic acids is 1. The third-order valence-corrected chi connectivity index (χ3v) is 5.05. The fraction of sp³-hybridized carbons (Fsp3) is 0.350. The summed E-state index contributed by atoms with van der Waals surface area (Å²) in [6.45, 7) is 0.627. The molecular formula is C20H21ClFNO3. The Morgan fingerprint density at radius 1 is 1.27 bits per heavy atom. The number of carbonyl (C=O) groups is 1. The fourth-order valence-electron chi connectivity index (χ4n) is 3.63. The lowest BCUT2D eigenvalue weighted by molar-refractivity contribution is -0.145. The maximum Gasteiger partial charge on any atom is 0.320 e. The predicted octanol–water partition coefficient (Wildman–Crippen LogP) is 4.52. The molecule has 0 spiro atoms. The maximum absolute atomic E-state index is 14.3. The van der Waals surface area contributed by atoms with Gasteiger partial charge in [0, 0.05) is 5.02 Å². The summed E-state index contributed by atoms with van der Waals surface area (Å²) in [6.07, 6.45) is 2.34. The van der Waals surface area contributed by atoms with Crippen LogP contribution in [0.25, 0.3) is 0 Å². The van der Waals surface area contributed by atoms with E-state index in [0.717, 1.165) is 18.4 Å². The minimum absolute atomic E-state index is 0.159. The standard InChI is InChI=1S/C20H21ClFNO3/c1-26-18-9-8-14(12-16(18)22)19(13-5-4-6-15(21)11-13)23-10-3-2-7-17(23)20(24)25/h4-6,8-9,11-12,17,19H,2-3,7,10H2,1H3,(H,24,25). The number of halogens is 2. The smallest absolute Gasteiger partial charge is 0.320 e. The zero-order chi connectivity index (χ0) is 18.7. The normalized spacial score (nSPS) is 19.1. The average Bonchev–Trinajstić information content (AvgIpc) is 2.62. The summed E-state index contributed by atoms with van der Waals surface area (Å²) >= 11 is 6.16. The van der Waals surface area contributed by atoms with Gasteiger partial charge in [0.25, 0.3) is 0 Å². The van der Waals surface area contributed by atoms with Crippen molar-refractivity contribution in [2.75, 3.05) is 13.7 Å². The molecule has 1 aliphatic heterocycles. The third-order valence-electron chi connectivity index (χ3n) is 4.82. The number of carboxylic acids is 1. The van der Waals surface area contributed by atoms with Crippen molar-refractivity contribution < 1.29 is 19.0 Å². The van der Waals surface area contributed by atoms with Crippen molar-refractivity contribution in [1.29, 1.82) is 0 Å². The van der Waals surface area contributed by atoms with Crippen LogP contribution >= 0.6 is 11.6 Å². The van der Waals surface area contributed by atoms with Crippen molar-refractivity contribution >= 4 is 17.6 Å². The molecule has 2 atom stereocenters. The van der Waals surface area contributed by atoms with Crippen molar-refractivity contribution in [3.8, 4) is 5.75 Å². The van der Waals surface area contributed by atoms with E-state index in [0.29, 0.717) is 23.6 Å². The molecule has 0 bridgehead atoms. The summed E-state index contributed by atoms with van der Waals surface area (Å²) < 4.78 is 19.3. The van der Waals surface area contributed by atoms with Crippen molar-refractivity contribution in [1.82, 2.24) is 4.90 Å². The molecular weight excluding hydrogens is 357 g/mol. The first-order valence-corrected chi connectivity index (χ1v) is 8.96. The molecule has 2 aromatic rings. The number of ether oxygens (including phenoxy) is 1. The number of carboxylic acid groups (broad SMARTS) is 1. The third kappa shape index (κ3) is 3.84. The van der Waals surface area contributed by atoms with E-state index in [1.165, 1.54) is 13.2 Å². The van der Waals surface area contributed by atoms with Crippen LogP contribution in [-0.2, 0) is 4.79 Å². The largest absolute Gasteiger partial charge is 0.494 e. The van der Waals surface area contributed by atoms with Gasteiger partial charge in [-0.3, -0.25) is 9.69 Å². The molecule has 1 fully saturated rings. The summed E-state index contributed by atoms with van der Waals surface area (Å²) in [4.78, 5) is 13.7. The summed E-state index contributed by atoms with van der Waals surface area (Å²) in [5.74, 6) is -1.17. The molecule has 138 valence electrons. The van der Waals surface area contributed by atoms with E-state index in [1.807, 2.05) is 23.1 Å². The quantitative estimate of drug-likeness (QED) is 0.832. The number of methoxy groups -OCH3 is 1. The Morgan fingerprint density at radius 3 is 2.69 bits per heavy atom. The van der Waals surface area contributed by atoms with E-state index in [4.69, 9.17) is 16.3 Å². The molecule has 2 aromatic carbocycles. The van der Waals surface area contributed by atoms with Gasteiger partial charge in [-0.25, -0.2) is 4.39 Å². The van der Waals surface area contributed by atoms with E-state index < -0.39 is 23.9 Å². The highest BCUT2D eigenvalue weighted by Crippen LogP contribution is 2.36. The van der Waals surface area contributed by atoms with Gasteiger partial charge >= 0.3 is 5.97 Å². The van der Waals surface area contributed by atoms with Gasteiger partial charge in [-0.2, -0.15) is 0 Å². The van der Waals surface area contributed by atoms with Crippen LogP contribution in [0.15, 0.2) is 42.5 Å². The molecule has 3 rings (SSSR count). The number of rotatable bonds is 5. The second kappa shape index (κ2) is 8.06. The Labute approximate surface area is 157 Å². The molecule has 0 saturated carbocycles. The predicted molar refractivity (Wildman–Crippen MR) is 98.2 cm³/mol. The van der Waals surface area contributed by atoms with E-state index >= 15 is 0 Å². The van der Waals surface area contributed by atoms with Gasteiger partial charge in [0.15, 0.2) is 11.6 Å². The SMILES string of the molecule is COc1ccc(C(c2cccc(Cl)c2)N2CCCCC2C(=O)O)cc1F. The summed E-state index contributed by atoms with van der Waals surface area (Å²) in [5.41, 5.74) is 1.52. The first-order valence-electron chi connectivity index (χ1n) is 8.58. The molecule has 0 aromatic heterocycles. The topological polar surface area (TPSA) is 49.8 Å². The van der Waals surface area contributed by atoms with Crippen LogP contribution in [-0.4, -0.2) is 35.7 Å². The summed E-state index contributed by atoms with van der Waals surface area (Å²) in [6, 6.07) is 11.1. The molecule has 1 aliphatic rings. The highest BCUT2D eigenvalue weighted by molar-refractivity contribution is 6.30. The highest BCUT2D eigenvalue weighted by Gasteiger charge is 2.35. The average molecular weight is 378 g/mol. The minimum Gasteiger partial charge on any atom is -0.494 e. The van der Waals surface area contributed by atoms with Crippen molar-refractivity contribution in [2.24, 2.45) is 0 Å². The van der Waals surface area contributed by atoms with Crippen LogP contribution in [0.4, 0.5) is 4.39 Å². The zero-order valence-corrected chi connectivity index (χ0v) is 15.2. The fourth-order valence-corrected chi connectivity index (χ4v) is 3.83. The van der Waals surface area contributed by atoms with Crippen LogP contribution in [0.2, 0.25) is 5.02 Å². The maximum atomic E-state index is 14.3. The number of hydrogen-bond donors (Lipinski definition) is 1. The van der Waals surface area contributed by atoms with Crippen LogP contribution in [0, 0.1) is 5.82 Å². The first-order chi connectivity index (χ1) is 12.5. The number of hydrogen-bond acceptors (Lipinski definition) is 3. The van der Waals surface area contributed by atoms with Gasteiger partial charge in [-0.05, 0) is 54.8 Å². The van der Waals surface area contributed by atoms with Crippen LogP contribution < -0.4 is 4.74 Å². The molecule has 26 heavy (non-hydrogen) atoms. The first kappa shape index (κ1) is 18.7. The molecule has 0 amide bonds. The van der Waals surface area contributed by atoms with Crippen molar-refractivity contribution in [3.05, 3.63) is 64.4 Å². The van der Waals surface area contributed by atoms with Gasteiger partial charge < -0.3 is 9.84 Å². The summed E-state index contributed by atoms with van der Waals surface area (Å²) in [7, 11) is 1.41. The van der Waals surface area contributed by atoms with Gasteiger partial charge in [0.05, 0.1) is 13.2 Å². The molecule has 0 aliphatic carbocycles. The lowest BCUT2D eigenvalue weighted by atomic mass is 9.91. The van der Waals surface area contributed by atoms with E-state index in [1.54, 1.807) is 18.2 Å². The molecule has 1 saturated heterocycles. The number of nitrogens with zero attached hydrogens (tertiary/aromatic N) is 1. The zero-order valence-electron chi connectivity index (χ0n) is 14.5. The molecule has 4 nitrogen and oxygen atoms in total. The van der Waals surface area contributed by atoms with Crippen molar-refractivity contribution in [2.45, 2.75) is 31.3 Å². The lowest BCUT2D eigenvalue weighted by Crippen LogP contribution is -2.46. The lowest BCUT2D eigenvalue weighted by Gasteiger charge is -2.39.